The number of benzene rings is 1. The Morgan fingerprint density at radius 2 is 1.82 bits per heavy atom. The largest absolute Gasteiger partial charge is 0.513 e. The monoisotopic (exact) mass is 556 g/mol. The molecule has 4 bridgehead atoms. The molecule has 1 aromatic carbocycles. The Hall–Kier alpha value is -3.27. The number of hydrogen-bond acceptors (Lipinski definition) is 10. The number of amides is 1. The topological polar surface area (TPSA) is 153 Å². The molecule has 5 aliphatic rings. The average Bonchev–Trinajstić information content (AvgIpc) is 3.40. The van der Waals surface area contributed by atoms with E-state index in [0.29, 0.717) is 31.6 Å². The van der Waals surface area contributed by atoms with Gasteiger partial charge in [-0.15, -0.1) is 0 Å². The number of nitriles is 1. The van der Waals surface area contributed by atoms with Crippen LogP contribution >= 0.6 is 0 Å². The van der Waals surface area contributed by atoms with Gasteiger partial charge < -0.3 is 29.2 Å². The summed E-state index contributed by atoms with van der Waals surface area (Å²) >= 11 is 0. The van der Waals surface area contributed by atoms with Crippen LogP contribution in [-0.4, -0.2) is 78.6 Å². The number of nitrogens with zero attached hydrogens (tertiary/aromatic N) is 3. The number of ether oxygens (including phenoxy) is 4. The highest BCUT2D eigenvalue weighted by Crippen LogP contribution is 2.58. The lowest BCUT2D eigenvalue weighted by Gasteiger charge is -2.62. The smallest absolute Gasteiger partial charge is 0.432 e. The molecule has 1 amide bonds. The van der Waals surface area contributed by atoms with E-state index in [1.165, 1.54) is 30.7 Å². The summed E-state index contributed by atoms with van der Waals surface area (Å²) in [6.45, 7) is 1.91. The highest BCUT2D eigenvalue weighted by atomic mass is 16.7. The van der Waals surface area contributed by atoms with Gasteiger partial charge in [0.05, 0.1) is 43.0 Å². The van der Waals surface area contributed by atoms with Gasteiger partial charge in [-0.3, -0.25) is 14.9 Å². The van der Waals surface area contributed by atoms with Gasteiger partial charge in [-0.05, 0) is 75.3 Å². The lowest BCUT2D eigenvalue weighted by molar-refractivity contribution is -0.384. The second kappa shape index (κ2) is 12.1. The van der Waals surface area contributed by atoms with Crippen molar-refractivity contribution in [1.29, 1.82) is 5.26 Å². The van der Waals surface area contributed by atoms with Crippen molar-refractivity contribution >= 4 is 17.7 Å². The summed E-state index contributed by atoms with van der Waals surface area (Å²) < 4.78 is 22.0. The van der Waals surface area contributed by atoms with Crippen molar-refractivity contribution in [3.8, 4) is 11.8 Å². The Morgan fingerprint density at radius 1 is 1.10 bits per heavy atom. The zero-order chi connectivity index (χ0) is 28.2. The molecule has 1 saturated heterocycles. The van der Waals surface area contributed by atoms with E-state index in [9.17, 15) is 25.0 Å². The van der Waals surface area contributed by atoms with Gasteiger partial charge in [-0.2, -0.15) is 5.26 Å². The van der Waals surface area contributed by atoms with Crippen LogP contribution in [0.25, 0.3) is 0 Å². The number of non-ortho nitro benzene ring substituents is 1. The maximum atomic E-state index is 12.9. The van der Waals surface area contributed by atoms with E-state index in [2.05, 4.69) is 11.4 Å². The maximum absolute atomic E-state index is 12.9. The fraction of sp³-hybridized carbons (Fsp3) is 0.679. The van der Waals surface area contributed by atoms with Crippen LogP contribution in [0.1, 0.15) is 51.4 Å². The van der Waals surface area contributed by atoms with Crippen molar-refractivity contribution in [2.75, 3.05) is 39.5 Å². The number of hydrogen-bond donors (Lipinski definition) is 1. The van der Waals surface area contributed by atoms with Crippen LogP contribution in [0.2, 0.25) is 0 Å². The van der Waals surface area contributed by atoms with Gasteiger partial charge in [0, 0.05) is 24.2 Å². The Balaban J connectivity index is 1.01. The highest BCUT2D eigenvalue weighted by molar-refractivity contribution is 5.79. The fourth-order valence-corrected chi connectivity index (χ4v) is 7.48. The molecule has 1 aliphatic heterocycles. The second-order valence-corrected chi connectivity index (χ2v) is 11.6. The van der Waals surface area contributed by atoms with Crippen LogP contribution in [0.15, 0.2) is 24.3 Å². The quantitative estimate of drug-likeness (QED) is 0.133. The second-order valence-electron chi connectivity index (χ2n) is 11.6. The zero-order valence-electron chi connectivity index (χ0n) is 22.5. The number of likely N-dealkylation sites (tertiary alicyclic amines) is 1. The predicted molar refractivity (Wildman–Crippen MR) is 140 cm³/mol. The minimum atomic E-state index is -0.911. The normalized spacial score (nSPS) is 30.2. The Morgan fingerprint density at radius 3 is 2.52 bits per heavy atom. The zero-order valence-corrected chi connectivity index (χ0v) is 22.5. The first-order valence-corrected chi connectivity index (χ1v) is 14.0. The Bertz CT molecular complexity index is 1120. The summed E-state index contributed by atoms with van der Waals surface area (Å²) in [6.07, 6.45) is 7.01. The summed E-state index contributed by atoms with van der Waals surface area (Å²) in [7, 11) is 0. The van der Waals surface area contributed by atoms with Crippen molar-refractivity contribution in [2.45, 2.75) is 68.5 Å². The number of carbonyl (C=O) groups excluding carboxylic acids is 2. The van der Waals surface area contributed by atoms with Crippen LogP contribution < -0.4 is 10.1 Å². The summed E-state index contributed by atoms with van der Waals surface area (Å²) in [6, 6.07) is 7.09. The first-order chi connectivity index (χ1) is 19.3. The standard InChI is InChI=1S/C28H36N4O8/c29-17-23-2-1-7-31(23)25(33)18-30-27-13-20-12-21(14-27)16-28(15-20,19-27)39-11-9-37-8-10-38-26(34)40-24-5-3-22(4-6-24)32(35)36/h3-6,20-21,23,30H,1-2,7-16,18-19H2/t20-,21?,23-,27?,28?/m0/s1. The molecule has 6 rings (SSSR count). The summed E-state index contributed by atoms with van der Waals surface area (Å²) in [4.78, 5) is 36.5. The number of nitrogens with one attached hydrogen (secondary N) is 1. The third-order valence-corrected chi connectivity index (χ3v) is 8.68. The van der Waals surface area contributed by atoms with E-state index < -0.39 is 11.1 Å². The van der Waals surface area contributed by atoms with Gasteiger partial charge in [-0.1, -0.05) is 0 Å². The molecule has 40 heavy (non-hydrogen) atoms. The van der Waals surface area contributed by atoms with E-state index >= 15 is 0 Å². The van der Waals surface area contributed by atoms with Crippen LogP contribution in [0, 0.1) is 33.3 Å². The molecule has 1 aromatic rings. The van der Waals surface area contributed by atoms with Gasteiger partial charge in [0.2, 0.25) is 5.91 Å². The minimum absolute atomic E-state index is 0.00580. The van der Waals surface area contributed by atoms with Crippen LogP contribution in [0.5, 0.6) is 5.75 Å². The fourth-order valence-electron chi connectivity index (χ4n) is 7.48. The highest BCUT2D eigenvalue weighted by Gasteiger charge is 2.58. The van der Waals surface area contributed by atoms with Crippen molar-refractivity contribution in [1.82, 2.24) is 10.2 Å². The van der Waals surface area contributed by atoms with Gasteiger partial charge in [0.1, 0.15) is 18.4 Å². The van der Waals surface area contributed by atoms with Gasteiger partial charge in [-0.25, -0.2) is 4.79 Å². The maximum Gasteiger partial charge on any atom is 0.513 e. The van der Waals surface area contributed by atoms with Crippen LogP contribution in [0.3, 0.4) is 0 Å². The number of carbonyl (C=O) groups is 2. The molecule has 0 aromatic heterocycles. The first kappa shape index (κ1) is 28.3. The third kappa shape index (κ3) is 6.54. The van der Waals surface area contributed by atoms with Gasteiger partial charge >= 0.3 is 6.16 Å². The molecule has 5 fully saturated rings. The minimum Gasteiger partial charge on any atom is -0.432 e. The summed E-state index contributed by atoms with van der Waals surface area (Å²) in [5, 5.41) is 23.6. The van der Waals surface area contributed by atoms with Crippen LogP contribution in [0.4, 0.5) is 10.5 Å². The molecule has 5 atom stereocenters. The molecule has 1 N–H and O–H groups in total. The lowest BCUT2D eigenvalue weighted by atomic mass is 9.51. The molecule has 3 unspecified atom stereocenters. The average molecular weight is 557 g/mol. The van der Waals surface area contributed by atoms with Crippen molar-refractivity contribution in [2.24, 2.45) is 11.8 Å². The first-order valence-electron chi connectivity index (χ1n) is 14.0. The molecular weight excluding hydrogens is 520 g/mol. The van der Waals surface area contributed by atoms with Crippen molar-refractivity contribution < 1.29 is 33.5 Å². The van der Waals surface area contributed by atoms with E-state index in [-0.39, 0.29) is 54.3 Å². The van der Waals surface area contributed by atoms with E-state index in [1.54, 1.807) is 4.90 Å². The molecule has 12 nitrogen and oxygen atoms in total. The summed E-state index contributed by atoms with van der Waals surface area (Å²) in [5.41, 5.74) is -0.406. The van der Waals surface area contributed by atoms with E-state index in [4.69, 9.17) is 18.9 Å². The molecule has 4 aliphatic carbocycles. The number of nitro benzene ring substituents is 1. The molecule has 1 heterocycles. The number of rotatable bonds is 12. The van der Waals surface area contributed by atoms with Gasteiger partial charge in [0.15, 0.2) is 0 Å². The van der Waals surface area contributed by atoms with Crippen molar-refractivity contribution in [3.05, 3.63) is 34.4 Å². The Kier molecular flexibility index (Phi) is 8.54. The van der Waals surface area contributed by atoms with Gasteiger partial charge in [0.25, 0.3) is 5.69 Å². The van der Waals surface area contributed by atoms with Crippen LogP contribution in [-0.2, 0) is 19.0 Å². The number of nitro groups is 1. The predicted octanol–water partition coefficient (Wildman–Crippen LogP) is 3.34. The summed E-state index contributed by atoms with van der Waals surface area (Å²) in [5.74, 6) is 1.33. The lowest BCUT2D eigenvalue weighted by Crippen LogP contribution is -2.66. The Labute approximate surface area is 233 Å². The molecule has 0 spiro atoms. The molecule has 12 heteroatoms. The molecular formula is C28H36N4O8. The molecule has 4 saturated carbocycles. The third-order valence-electron chi connectivity index (χ3n) is 8.68. The molecule has 216 valence electrons. The molecule has 0 radical (unpaired) electrons. The van der Waals surface area contributed by atoms with E-state index in [0.717, 1.165) is 44.9 Å². The SMILES string of the molecule is N#C[C@@H]1CCCN1C(=O)CNC12CC3C[C@@H](C1)CC(OCCOCCOC(=O)Oc1ccc([N+](=O)[O-])cc1)(C3)C2. The van der Waals surface area contributed by atoms with Crippen molar-refractivity contribution in [3.63, 3.8) is 0 Å². The van der Waals surface area contributed by atoms with E-state index in [1.807, 2.05) is 0 Å².